The van der Waals surface area contributed by atoms with E-state index in [4.69, 9.17) is 4.98 Å². The lowest BCUT2D eigenvalue weighted by atomic mass is 10.1. The summed E-state index contributed by atoms with van der Waals surface area (Å²) in [5, 5.41) is 0.753. The molecule has 4 rings (SSSR count). The van der Waals surface area contributed by atoms with Crippen molar-refractivity contribution in [1.29, 1.82) is 0 Å². The van der Waals surface area contributed by atoms with Gasteiger partial charge in [-0.05, 0) is 68.0 Å². The van der Waals surface area contributed by atoms with Crippen molar-refractivity contribution in [3.8, 4) is 0 Å². The summed E-state index contributed by atoms with van der Waals surface area (Å²) in [5.41, 5.74) is 4.05. The van der Waals surface area contributed by atoms with Crippen molar-refractivity contribution < 1.29 is 4.79 Å². The van der Waals surface area contributed by atoms with E-state index in [1.807, 2.05) is 46.2 Å². The number of nitrogens with zero attached hydrogens (tertiary/aromatic N) is 4. The molecule has 30 heavy (non-hydrogen) atoms. The zero-order valence-corrected chi connectivity index (χ0v) is 19.0. The van der Waals surface area contributed by atoms with E-state index in [2.05, 4.69) is 31.0 Å². The topological polar surface area (TPSA) is 51.0 Å². The Kier molecular flexibility index (Phi) is 6.20. The van der Waals surface area contributed by atoms with Gasteiger partial charge in [0, 0.05) is 35.9 Å². The highest BCUT2D eigenvalue weighted by Crippen LogP contribution is 2.33. The van der Waals surface area contributed by atoms with Crippen molar-refractivity contribution in [3.63, 3.8) is 0 Å². The van der Waals surface area contributed by atoms with Crippen LogP contribution in [0.3, 0.4) is 0 Å². The lowest BCUT2D eigenvalue weighted by Crippen LogP contribution is -2.32. The standard InChI is InChI=1S/C23H24N4OS2/c1-16-5-10-20-21(17(16)2)25-23(30-20)27(13-4-12-26-14-11-24-15-26)22(28)18-6-8-19(29-3)9-7-18/h5-11,14-15H,4,12-13H2,1-3H3. The van der Waals surface area contributed by atoms with Crippen LogP contribution in [0, 0.1) is 13.8 Å². The number of aromatic nitrogens is 3. The zero-order valence-electron chi connectivity index (χ0n) is 17.3. The van der Waals surface area contributed by atoms with E-state index in [0.717, 1.165) is 33.2 Å². The van der Waals surface area contributed by atoms with Gasteiger partial charge in [0.15, 0.2) is 5.13 Å². The molecule has 7 heteroatoms. The Bertz CT molecular complexity index is 1150. The van der Waals surface area contributed by atoms with Crippen LogP contribution in [0.2, 0.25) is 0 Å². The molecule has 0 fully saturated rings. The number of thioether (sulfide) groups is 1. The molecule has 2 aromatic carbocycles. The molecule has 0 bridgehead atoms. The Balaban J connectivity index is 1.65. The highest BCUT2D eigenvalue weighted by molar-refractivity contribution is 7.98. The SMILES string of the molecule is CSc1ccc(C(=O)N(CCCn2ccnc2)c2nc3c(C)c(C)ccc3s2)cc1. The first kappa shape index (κ1) is 20.6. The van der Waals surface area contributed by atoms with E-state index >= 15 is 0 Å². The predicted molar refractivity (Wildman–Crippen MR) is 126 cm³/mol. The van der Waals surface area contributed by atoms with Crippen molar-refractivity contribution in [1.82, 2.24) is 14.5 Å². The van der Waals surface area contributed by atoms with Crippen LogP contribution in [0.15, 0.2) is 60.0 Å². The number of carbonyl (C=O) groups excluding carboxylic acids is 1. The molecule has 0 saturated carbocycles. The summed E-state index contributed by atoms with van der Waals surface area (Å²) < 4.78 is 3.14. The first-order chi connectivity index (χ1) is 14.6. The van der Waals surface area contributed by atoms with E-state index < -0.39 is 0 Å². The van der Waals surface area contributed by atoms with E-state index in [1.54, 1.807) is 35.6 Å². The number of thiazole rings is 1. The Morgan fingerprint density at radius 3 is 2.67 bits per heavy atom. The first-order valence-electron chi connectivity index (χ1n) is 9.85. The first-order valence-corrected chi connectivity index (χ1v) is 11.9. The Labute approximate surface area is 184 Å². The molecule has 2 aromatic heterocycles. The van der Waals surface area contributed by atoms with Crippen LogP contribution in [0.5, 0.6) is 0 Å². The van der Waals surface area contributed by atoms with Gasteiger partial charge in [-0.15, -0.1) is 11.8 Å². The average Bonchev–Trinajstić information content (AvgIpc) is 3.44. The van der Waals surface area contributed by atoms with E-state index in [1.165, 1.54) is 11.1 Å². The molecule has 0 atom stereocenters. The van der Waals surface area contributed by atoms with Gasteiger partial charge in [0.1, 0.15) is 0 Å². The van der Waals surface area contributed by atoms with Crippen LogP contribution in [0.1, 0.15) is 27.9 Å². The third-order valence-corrected chi connectivity index (χ3v) is 7.03. The monoisotopic (exact) mass is 436 g/mol. The highest BCUT2D eigenvalue weighted by Gasteiger charge is 2.22. The number of hydrogen-bond donors (Lipinski definition) is 0. The maximum absolute atomic E-state index is 13.4. The maximum Gasteiger partial charge on any atom is 0.260 e. The van der Waals surface area contributed by atoms with Gasteiger partial charge in [0.25, 0.3) is 5.91 Å². The van der Waals surface area contributed by atoms with Gasteiger partial charge in [-0.3, -0.25) is 9.69 Å². The fourth-order valence-corrected chi connectivity index (χ4v) is 4.79. The third-order valence-electron chi connectivity index (χ3n) is 5.24. The minimum Gasteiger partial charge on any atom is -0.337 e. The van der Waals surface area contributed by atoms with Crippen LogP contribution in [0.25, 0.3) is 10.2 Å². The molecular weight excluding hydrogens is 412 g/mol. The Hall–Kier alpha value is -2.64. The molecule has 2 heterocycles. The van der Waals surface area contributed by atoms with Crippen molar-refractivity contribution in [2.75, 3.05) is 17.7 Å². The summed E-state index contributed by atoms with van der Waals surface area (Å²) in [7, 11) is 0. The van der Waals surface area contributed by atoms with Gasteiger partial charge in [0.05, 0.1) is 16.5 Å². The molecule has 0 saturated heterocycles. The maximum atomic E-state index is 13.4. The van der Waals surface area contributed by atoms with Crippen molar-refractivity contribution in [2.24, 2.45) is 0 Å². The fourth-order valence-electron chi connectivity index (χ4n) is 3.33. The van der Waals surface area contributed by atoms with E-state index in [9.17, 15) is 4.79 Å². The number of fused-ring (bicyclic) bond motifs is 1. The summed E-state index contributed by atoms with van der Waals surface area (Å²) >= 11 is 3.25. The molecule has 0 aliphatic heterocycles. The Morgan fingerprint density at radius 2 is 1.97 bits per heavy atom. The van der Waals surface area contributed by atoms with Gasteiger partial charge in [-0.2, -0.15) is 0 Å². The number of hydrogen-bond acceptors (Lipinski definition) is 5. The minimum absolute atomic E-state index is 0.0123. The van der Waals surface area contributed by atoms with E-state index in [-0.39, 0.29) is 5.91 Å². The molecule has 0 N–H and O–H groups in total. The van der Waals surface area contributed by atoms with Gasteiger partial charge in [-0.25, -0.2) is 9.97 Å². The van der Waals surface area contributed by atoms with Crippen LogP contribution < -0.4 is 4.90 Å². The number of anilines is 1. The molecule has 4 aromatic rings. The molecule has 0 aliphatic carbocycles. The number of imidazole rings is 1. The second-order valence-electron chi connectivity index (χ2n) is 7.19. The van der Waals surface area contributed by atoms with Gasteiger partial charge < -0.3 is 4.57 Å². The quantitative estimate of drug-likeness (QED) is 0.356. The van der Waals surface area contributed by atoms with Crippen LogP contribution in [-0.2, 0) is 6.54 Å². The largest absolute Gasteiger partial charge is 0.337 e. The Morgan fingerprint density at radius 1 is 1.17 bits per heavy atom. The molecule has 0 radical (unpaired) electrons. The number of amides is 1. The minimum atomic E-state index is -0.0123. The molecule has 0 spiro atoms. The molecule has 154 valence electrons. The number of aryl methyl sites for hydroxylation is 3. The van der Waals surface area contributed by atoms with Gasteiger partial charge in [-0.1, -0.05) is 17.4 Å². The molecule has 5 nitrogen and oxygen atoms in total. The van der Waals surface area contributed by atoms with Crippen LogP contribution >= 0.6 is 23.1 Å². The van der Waals surface area contributed by atoms with Crippen molar-refractivity contribution in [2.45, 2.75) is 31.7 Å². The molecule has 0 unspecified atom stereocenters. The van der Waals surface area contributed by atoms with Gasteiger partial charge in [0.2, 0.25) is 0 Å². The fraction of sp³-hybridized carbons (Fsp3) is 0.261. The second-order valence-corrected chi connectivity index (χ2v) is 9.08. The molecule has 0 aliphatic rings. The van der Waals surface area contributed by atoms with Crippen LogP contribution in [0.4, 0.5) is 5.13 Å². The summed E-state index contributed by atoms with van der Waals surface area (Å²) in [6.07, 6.45) is 8.37. The number of rotatable bonds is 7. The highest BCUT2D eigenvalue weighted by atomic mass is 32.2. The lowest BCUT2D eigenvalue weighted by Gasteiger charge is -2.20. The van der Waals surface area contributed by atoms with Crippen LogP contribution in [-0.4, -0.2) is 33.2 Å². The van der Waals surface area contributed by atoms with E-state index in [0.29, 0.717) is 12.1 Å². The normalized spacial score (nSPS) is 11.2. The second kappa shape index (κ2) is 9.02. The molecule has 1 amide bonds. The summed E-state index contributed by atoms with van der Waals surface area (Å²) in [4.78, 5) is 25.4. The molecular formula is C23H24N4OS2. The van der Waals surface area contributed by atoms with Crippen molar-refractivity contribution in [3.05, 3.63) is 71.8 Å². The van der Waals surface area contributed by atoms with Crippen molar-refractivity contribution >= 4 is 44.4 Å². The lowest BCUT2D eigenvalue weighted by molar-refractivity contribution is 0.0986. The average molecular weight is 437 g/mol. The number of carbonyl (C=O) groups is 1. The number of benzene rings is 2. The predicted octanol–water partition coefficient (Wildman–Crippen LogP) is 5.57. The summed E-state index contributed by atoms with van der Waals surface area (Å²) in [6, 6.07) is 12.0. The zero-order chi connectivity index (χ0) is 21.1. The summed E-state index contributed by atoms with van der Waals surface area (Å²) in [5.74, 6) is -0.0123. The summed E-state index contributed by atoms with van der Waals surface area (Å²) in [6.45, 7) is 5.58. The third kappa shape index (κ3) is 4.27. The van der Waals surface area contributed by atoms with Gasteiger partial charge >= 0.3 is 0 Å². The smallest absolute Gasteiger partial charge is 0.260 e.